The highest BCUT2D eigenvalue weighted by Crippen LogP contribution is 2.35. The first-order valence-electron chi connectivity index (χ1n) is 7.66. The van der Waals surface area contributed by atoms with Gasteiger partial charge in [0.2, 0.25) is 0 Å². The highest BCUT2D eigenvalue weighted by Gasteiger charge is 2.24. The van der Waals surface area contributed by atoms with Crippen LogP contribution in [0.3, 0.4) is 0 Å². The van der Waals surface area contributed by atoms with E-state index in [1.165, 1.54) is 11.8 Å². The molecule has 1 aromatic heterocycles. The van der Waals surface area contributed by atoms with Gasteiger partial charge in [-0.15, -0.1) is 0 Å². The van der Waals surface area contributed by atoms with E-state index in [-0.39, 0.29) is 5.91 Å². The summed E-state index contributed by atoms with van der Waals surface area (Å²) in [5.74, 6) is -0.206. The number of aromatic nitrogens is 2. The summed E-state index contributed by atoms with van der Waals surface area (Å²) in [5.41, 5.74) is 3.26. The lowest BCUT2D eigenvalue weighted by molar-refractivity contribution is -0.115. The first-order valence-corrected chi connectivity index (χ1v) is 9.23. The Morgan fingerprint density at radius 1 is 1.23 bits per heavy atom. The second kappa shape index (κ2) is 6.79. The number of imidazole rings is 1. The van der Waals surface area contributed by atoms with Crippen LogP contribution in [0.4, 0.5) is 5.69 Å². The molecule has 0 aliphatic carbocycles. The van der Waals surface area contributed by atoms with Crippen molar-refractivity contribution >= 4 is 68.8 Å². The zero-order chi connectivity index (χ0) is 18.3. The lowest BCUT2D eigenvalue weighted by Crippen LogP contribution is -2.19. The minimum Gasteiger partial charge on any atom is -0.334 e. The molecule has 1 aliphatic rings. The maximum atomic E-state index is 12.3. The van der Waals surface area contributed by atoms with Crippen LogP contribution in [0.25, 0.3) is 17.1 Å². The molecule has 0 radical (unpaired) electrons. The average Bonchev–Trinajstić information content (AvgIpc) is 3.14. The van der Waals surface area contributed by atoms with E-state index in [0.29, 0.717) is 25.8 Å². The van der Waals surface area contributed by atoms with E-state index in [9.17, 15) is 4.79 Å². The topological polar surface area (TPSA) is 59.3 Å². The third-order valence-electron chi connectivity index (χ3n) is 3.85. The molecule has 0 spiro atoms. The van der Waals surface area contributed by atoms with Gasteiger partial charge in [-0.25, -0.2) is 9.98 Å². The minimum atomic E-state index is -0.206. The van der Waals surface area contributed by atoms with E-state index in [0.717, 1.165) is 16.6 Å². The summed E-state index contributed by atoms with van der Waals surface area (Å²) in [4.78, 5) is 21.5. The van der Waals surface area contributed by atoms with Gasteiger partial charge in [-0.1, -0.05) is 35.3 Å². The molecule has 4 rings (SSSR count). The molecule has 1 amide bonds. The number of benzene rings is 2. The average molecular weight is 403 g/mol. The standard InChI is InChI=1S/C18H12Cl2N4OS/c1-24-9-21-13-6-5-10(7-14(13)24)8-15-17(25)23-18(26-15)22-16-11(19)3-2-4-12(16)20/h2-9H,1H3,(H,22,23,25)/b15-8+. The highest BCUT2D eigenvalue weighted by atomic mass is 35.5. The van der Waals surface area contributed by atoms with E-state index in [4.69, 9.17) is 23.2 Å². The van der Waals surface area contributed by atoms with Crippen molar-refractivity contribution in [2.75, 3.05) is 0 Å². The van der Waals surface area contributed by atoms with Gasteiger partial charge in [-0.2, -0.15) is 0 Å². The molecule has 5 nitrogen and oxygen atoms in total. The van der Waals surface area contributed by atoms with Crippen LogP contribution in [-0.4, -0.2) is 20.6 Å². The number of thioether (sulfide) groups is 1. The number of amidine groups is 1. The number of hydrogen-bond acceptors (Lipinski definition) is 4. The lowest BCUT2D eigenvalue weighted by Gasteiger charge is -2.01. The van der Waals surface area contributed by atoms with Crippen molar-refractivity contribution in [2.24, 2.45) is 12.0 Å². The predicted octanol–water partition coefficient (Wildman–Crippen LogP) is 4.77. The van der Waals surface area contributed by atoms with E-state index >= 15 is 0 Å². The summed E-state index contributed by atoms with van der Waals surface area (Å²) in [5, 5.41) is 4.04. The maximum absolute atomic E-state index is 12.3. The summed E-state index contributed by atoms with van der Waals surface area (Å²) in [6.45, 7) is 0. The van der Waals surface area contributed by atoms with Gasteiger partial charge in [0, 0.05) is 7.05 Å². The van der Waals surface area contributed by atoms with Crippen molar-refractivity contribution < 1.29 is 4.79 Å². The number of carbonyl (C=O) groups is 1. The smallest absolute Gasteiger partial charge is 0.264 e. The van der Waals surface area contributed by atoms with Crippen molar-refractivity contribution in [2.45, 2.75) is 0 Å². The number of fused-ring (bicyclic) bond motifs is 1. The molecule has 1 fully saturated rings. The van der Waals surface area contributed by atoms with Crippen molar-refractivity contribution in [3.63, 3.8) is 0 Å². The fourth-order valence-corrected chi connectivity index (χ4v) is 3.87. The molecule has 0 bridgehead atoms. The van der Waals surface area contributed by atoms with Gasteiger partial charge in [-0.3, -0.25) is 4.79 Å². The summed E-state index contributed by atoms with van der Waals surface area (Å²) in [6.07, 6.45) is 3.58. The molecular weight excluding hydrogens is 391 g/mol. The minimum absolute atomic E-state index is 0.206. The number of nitrogens with zero attached hydrogens (tertiary/aromatic N) is 3. The number of hydrogen-bond donors (Lipinski definition) is 1. The fourth-order valence-electron chi connectivity index (χ4n) is 2.56. The first kappa shape index (κ1) is 17.1. The summed E-state index contributed by atoms with van der Waals surface area (Å²) in [6, 6.07) is 11.0. The molecule has 130 valence electrons. The molecule has 3 aromatic rings. The molecule has 1 aliphatic heterocycles. The van der Waals surface area contributed by atoms with E-state index in [1.54, 1.807) is 24.5 Å². The normalized spacial score (nSPS) is 17.4. The van der Waals surface area contributed by atoms with Gasteiger partial charge in [0.15, 0.2) is 5.17 Å². The van der Waals surface area contributed by atoms with Crippen LogP contribution in [0.15, 0.2) is 52.6 Å². The second-order valence-corrected chi connectivity index (χ2v) is 7.50. The number of halogens is 2. The third-order valence-corrected chi connectivity index (χ3v) is 5.37. The Bertz CT molecular complexity index is 1080. The van der Waals surface area contributed by atoms with Crippen LogP contribution >= 0.6 is 35.0 Å². The SMILES string of the molecule is Cn1cnc2ccc(/C=C3/SC(=Nc4c(Cl)cccc4Cl)NC3=O)cc21. The monoisotopic (exact) mass is 402 g/mol. The molecular formula is C18H12Cl2N4OS. The summed E-state index contributed by atoms with van der Waals surface area (Å²) in [7, 11) is 1.93. The number of para-hydroxylation sites is 1. The zero-order valence-electron chi connectivity index (χ0n) is 13.5. The molecule has 1 saturated heterocycles. The van der Waals surface area contributed by atoms with Crippen molar-refractivity contribution in [3.05, 3.63) is 63.2 Å². The predicted molar refractivity (Wildman–Crippen MR) is 108 cm³/mol. The molecule has 1 N–H and O–H groups in total. The Kier molecular flexibility index (Phi) is 4.48. The molecule has 0 saturated carbocycles. The Hall–Kier alpha value is -2.28. The van der Waals surface area contributed by atoms with E-state index in [2.05, 4.69) is 15.3 Å². The number of aliphatic imine (C=N–C) groups is 1. The Balaban J connectivity index is 1.66. The van der Waals surface area contributed by atoms with Crippen LogP contribution in [-0.2, 0) is 11.8 Å². The number of aryl methyl sites for hydroxylation is 1. The quantitative estimate of drug-likeness (QED) is 0.627. The molecule has 8 heteroatoms. The number of nitrogens with one attached hydrogen (secondary N) is 1. The van der Waals surface area contributed by atoms with Crippen molar-refractivity contribution in [1.29, 1.82) is 0 Å². The van der Waals surface area contributed by atoms with E-state index < -0.39 is 0 Å². The van der Waals surface area contributed by atoms with Gasteiger partial charge >= 0.3 is 0 Å². The van der Waals surface area contributed by atoms with Gasteiger partial charge < -0.3 is 9.88 Å². The van der Waals surface area contributed by atoms with E-state index in [1.807, 2.05) is 35.9 Å². The van der Waals surface area contributed by atoms with Crippen molar-refractivity contribution in [3.8, 4) is 0 Å². The largest absolute Gasteiger partial charge is 0.334 e. The van der Waals surface area contributed by atoms with Gasteiger partial charge in [0.05, 0.1) is 32.3 Å². The van der Waals surface area contributed by atoms with Crippen LogP contribution in [0.1, 0.15) is 5.56 Å². The molecule has 26 heavy (non-hydrogen) atoms. The lowest BCUT2D eigenvalue weighted by atomic mass is 10.2. The number of carbonyl (C=O) groups excluding carboxylic acids is 1. The molecule has 0 unspecified atom stereocenters. The van der Waals surface area contributed by atoms with Crippen LogP contribution in [0.2, 0.25) is 10.0 Å². The van der Waals surface area contributed by atoms with Gasteiger partial charge in [0.1, 0.15) is 5.69 Å². The van der Waals surface area contributed by atoms with Crippen LogP contribution in [0.5, 0.6) is 0 Å². The Morgan fingerprint density at radius 2 is 2.00 bits per heavy atom. The molecule has 2 heterocycles. The molecule has 2 aromatic carbocycles. The fraction of sp³-hybridized carbons (Fsp3) is 0.0556. The van der Waals surface area contributed by atoms with Crippen molar-refractivity contribution in [1.82, 2.24) is 14.9 Å². The highest BCUT2D eigenvalue weighted by molar-refractivity contribution is 8.18. The summed E-state index contributed by atoms with van der Waals surface area (Å²) < 4.78 is 1.94. The first-order chi connectivity index (χ1) is 12.5. The number of amides is 1. The summed E-state index contributed by atoms with van der Waals surface area (Å²) >= 11 is 13.5. The van der Waals surface area contributed by atoms with Crippen LogP contribution in [0, 0.1) is 0 Å². The number of rotatable bonds is 2. The zero-order valence-corrected chi connectivity index (χ0v) is 15.9. The Morgan fingerprint density at radius 3 is 2.77 bits per heavy atom. The second-order valence-electron chi connectivity index (χ2n) is 5.66. The Labute approximate surface area is 163 Å². The van der Waals surface area contributed by atoms with Gasteiger partial charge in [0.25, 0.3) is 5.91 Å². The third kappa shape index (κ3) is 3.23. The van der Waals surface area contributed by atoms with Crippen LogP contribution < -0.4 is 5.32 Å². The van der Waals surface area contributed by atoms with Gasteiger partial charge in [-0.05, 0) is 47.7 Å². The maximum Gasteiger partial charge on any atom is 0.264 e. The molecule has 0 atom stereocenters.